The standard InChI is InChI=1S/C23H21ClN4O/c1-15-13-19-14-18(16-9-11-26-12-10-16)5-8-21(19)22(27-28(15)23(29)25-2)17-3-6-20(24)7-4-17/h3-12,14-15H,13H2,1-2H3,(H,25,29). The van der Waals surface area contributed by atoms with E-state index in [1.165, 1.54) is 5.01 Å². The zero-order chi connectivity index (χ0) is 20.4. The minimum atomic E-state index is -0.230. The lowest BCUT2D eigenvalue weighted by atomic mass is 9.91. The monoisotopic (exact) mass is 404 g/mol. The van der Waals surface area contributed by atoms with Gasteiger partial charge < -0.3 is 5.32 Å². The first-order valence-corrected chi connectivity index (χ1v) is 9.84. The second-order valence-electron chi connectivity index (χ2n) is 7.02. The second kappa shape index (κ2) is 8.05. The summed E-state index contributed by atoms with van der Waals surface area (Å²) in [7, 11) is 1.62. The van der Waals surface area contributed by atoms with Crippen LogP contribution in [0.1, 0.15) is 23.6 Å². The van der Waals surface area contributed by atoms with Gasteiger partial charge in [-0.3, -0.25) is 4.98 Å². The molecule has 3 aromatic rings. The largest absolute Gasteiger partial charge is 0.340 e. The molecule has 2 aromatic carbocycles. The van der Waals surface area contributed by atoms with Crippen molar-refractivity contribution in [1.82, 2.24) is 15.3 Å². The Labute approximate surface area is 175 Å². The smallest absolute Gasteiger partial charge is 0.337 e. The fourth-order valence-electron chi connectivity index (χ4n) is 3.56. The molecule has 0 saturated carbocycles. The minimum Gasteiger partial charge on any atom is -0.340 e. The molecule has 29 heavy (non-hydrogen) atoms. The van der Waals surface area contributed by atoms with Crippen LogP contribution in [-0.4, -0.2) is 34.8 Å². The van der Waals surface area contributed by atoms with E-state index in [4.69, 9.17) is 16.7 Å². The molecule has 2 heterocycles. The van der Waals surface area contributed by atoms with Crippen LogP contribution in [0.2, 0.25) is 5.02 Å². The summed E-state index contributed by atoms with van der Waals surface area (Å²) in [6.07, 6.45) is 4.28. The van der Waals surface area contributed by atoms with Crippen LogP contribution in [0.5, 0.6) is 0 Å². The van der Waals surface area contributed by atoms with Gasteiger partial charge in [-0.05, 0) is 54.3 Å². The summed E-state index contributed by atoms with van der Waals surface area (Å²) >= 11 is 6.08. The number of halogens is 1. The number of hydrogen-bond donors (Lipinski definition) is 1. The predicted octanol–water partition coefficient (Wildman–Crippen LogP) is 4.74. The van der Waals surface area contributed by atoms with E-state index in [1.54, 1.807) is 19.4 Å². The molecule has 0 radical (unpaired) electrons. The summed E-state index contributed by atoms with van der Waals surface area (Å²) in [6.45, 7) is 2.01. The van der Waals surface area contributed by atoms with Gasteiger partial charge in [0.1, 0.15) is 0 Å². The van der Waals surface area contributed by atoms with E-state index < -0.39 is 0 Å². The summed E-state index contributed by atoms with van der Waals surface area (Å²) in [5.74, 6) is 0. The van der Waals surface area contributed by atoms with Gasteiger partial charge in [-0.1, -0.05) is 41.9 Å². The number of carbonyl (C=O) groups is 1. The van der Waals surface area contributed by atoms with Crippen molar-refractivity contribution in [2.75, 3.05) is 7.05 Å². The van der Waals surface area contributed by atoms with Gasteiger partial charge >= 0.3 is 6.03 Å². The maximum Gasteiger partial charge on any atom is 0.337 e. The third kappa shape index (κ3) is 3.87. The first-order valence-electron chi connectivity index (χ1n) is 9.46. The second-order valence-corrected chi connectivity index (χ2v) is 7.45. The van der Waals surface area contributed by atoms with Crippen molar-refractivity contribution >= 4 is 23.3 Å². The Kier molecular flexibility index (Phi) is 5.32. The molecule has 1 aliphatic heterocycles. The van der Waals surface area contributed by atoms with Gasteiger partial charge in [0.15, 0.2) is 0 Å². The number of hydrazone groups is 1. The summed E-state index contributed by atoms with van der Waals surface area (Å²) in [5, 5.41) is 9.63. The minimum absolute atomic E-state index is 0.0915. The molecule has 0 aliphatic carbocycles. The average molecular weight is 405 g/mol. The van der Waals surface area contributed by atoms with Crippen molar-refractivity contribution in [3.8, 4) is 11.1 Å². The number of nitrogens with zero attached hydrogens (tertiary/aromatic N) is 3. The zero-order valence-corrected chi connectivity index (χ0v) is 17.0. The van der Waals surface area contributed by atoms with Crippen molar-refractivity contribution in [3.63, 3.8) is 0 Å². The van der Waals surface area contributed by atoms with Crippen LogP contribution in [0.4, 0.5) is 4.79 Å². The number of fused-ring (bicyclic) bond motifs is 1. The highest BCUT2D eigenvalue weighted by atomic mass is 35.5. The maximum absolute atomic E-state index is 12.5. The van der Waals surface area contributed by atoms with Crippen LogP contribution in [0, 0.1) is 0 Å². The molecule has 1 aromatic heterocycles. The number of benzene rings is 2. The van der Waals surface area contributed by atoms with Gasteiger partial charge in [0.2, 0.25) is 0 Å². The van der Waals surface area contributed by atoms with Gasteiger partial charge in [-0.25, -0.2) is 9.80 Å². The molecular weight excluding hydrogens is 384 g/mol. The molecule has 0 fully saturated rings. The Hall–Kier alpha value is -3.18. The van der Waals surface area contributed by atoms with Crippen molar-refractivity contribution in [1.29, 1.82) is 0 Å². The quantitative estimate of drug-likeness (QED) is 0.670. The van der Waals surface area contributed by atoms with E-state index in [0.29, 0.717) is 11.4 Å². The lowest BCUT2D eigenvalue weighted by molar-refractivity contribution is 0.184. The maximum atomic E-state index is 12.5. The number of nitrogens with one attached hydrogen (secondary N) is 1. The Morgan fingerprint density at radius 1 is 1.03 bits per heavy atom. The predicted molar refractivity (Wildman–Crippen MR) is 116 cm³/mol. The number of hydrogen-bond acceptors (Lipinski definition) is 3. The number of urea groups is 1. The highest BCUT2D eigenvalue weighted by Gasteiger charge is 2.27. The molecule has 5 nitrogen and oxygen atoms in total. The summed E-state index contributed by atoms with van der Waals surface area (Å²) in [6, 6.07) is 17.5. The molecule has 1 unspecified atom stereocenters. The van der Waals surface area contributed by atoms with E-state index in [1.807, 2.05) is 43.3 Å². The van der Waals surface area contributed by atoms with E-state index in [-0.39, 0.29) is 12.1 Å². The highest BCUT2D eigenvalue weighted by Crippen LogP contribution is 2.29. The van der Waals surface area contributed by atoms with E-state index in [9.17, 15) is 4.79 Å². The number of aromatic nitrogens is 1. The molecule has 1 aliphatic rings. The highest BCUT2D eigenvalue weighted by molar-refractivity contribution is 6.30. The Bertz CT molecular complexity index is 1060. The molecule has 1 N–H and O–H groups in total. The first-order chi connectivity index (χ1) is 14.1. The molecule has 146 valence electrons. The van der Waals surface area contributed by atoms with Gasteiger partial charge in [-0.15, -0.1) is 0 Å². The van der Waals surface area contributed by atoms with Crippen LogP contribution < -0.4 is 5.32 Å². The number of rotatable bonds is 2. The van der Waals surface area contributed by atoms with Crippen molar-refractivity contribution in [2.24, 2.45) is 5.10 Å². The van der Waals surface area contributed by atoms with E-state index in [2.05, 4.69) is 28.5 Å². The average Bonchev–Trinajstić information content (AvgIpc) is 2.90. The summed E-state index contributed by atoms with van der Waals surface area (Å²) in [4.78, 5) is 16.6. The molecule has 2 amide bonds. The third-order valence-corrected chi connectivity index (χ3v) is 5.31. The van der Waals surface area contributed by atoms with Gasteiger partial charge in [0.05, 0.1) is 11.8 Å². The number of carbonyl (C=O) groups excluding carboxylic acids is 1. The van der Waals surface area contributed by atoms with E-state index >= 15 is 0 Å². The fourth-order valence-corrected chi connectivity index (χ4v) is 3.69. The summed E-state index contributed by atoms with van der Waals surface area (Å²) < 4.78 is 0. The summed E-state index contributed by atoms with van der Waals surface area (Å²) in [5.41, 5.74) is 6.05. The van der Waals surface area contributed by atoms with Gasteiger partial charge in [0.25, 0.3) is 0 Å². The molecule has 4 rings (SSSR count). The molecule has 0 spiro atoms. The van der Waals surface area contributed by atoms with Crippen LogP contribution in [0.15, 0.2) is 72.1 Å². The van der Waals surface area contributed by atoms with Crippen LogP contribution >= 0.6 is 11.6 Å². The van der Waals surface area contributed by atoms with Crippen molar-refractivity contribution in [3.05, 3.63) is 88.7 Å². The number of amides is 2. The molecule has 0 bridgehead atoms. The lowest BCUT2D eigenvalue weighted by Crippen LogP contribution is -2.41. The SMILES string of the molecule is CNC(=O)N1N=C(c2ccc(Cl)cc2)c2ccc(-c3ccncc3)cc2CC1C. The topological polar surface area (TPSA) is 57.6 Å². The fraction of sp³-hybridized carbons (Fsp3) is 0.174. The van der Waals surface area contributed by atoms with Crippen LogP contribution in [0.25, 0.3) is 11.1 Å². The van der Waals surface area contributed by atoms with Crippen LogP contribution in [-0.2, 0) is 6.42 Å². The van der Waals surface area contributed by atoms with Gasteiger partial charge in [0, 0.05) is 35.6 Å². The lowest BCUT2D eigenvalue weighted by Gasteiger charge is -2.22. The van der Waals surface area contributed by atoms with Crippen LogP contribution in [0.3, 0.4) is 0 Å². The first kappa shape index (κ1) is 19.2. The number of pyridine rings is 1. The Morgan fingerprint density at radius 3 is 2.41 bits per heavy atom. The Morgan fingerprint density at radius 2 is 1.72 bits per heavy atom. The molecule has 1 atom stereocenters. The van der Waals surface area contributed by atoms with Crippen molar-refractivity contribution in [2.45, 2.75) is 19.4 Å². The molecular formula is C23H21ClN4O. The zero-order valence-electron chi connectivity index (χ0n) is 16.3. The van der Waals surface area contributed by atoms with Gasteiger partial charge in [-0.2, -0.15) is 5.10 Å². The van der Waals surface area contributed by atoms with E-state index in [0.717, 1.165) is 33.5 Å². The Balaban J connectivity index is 1.86. The molecule has 6 heteroatoms. The van der Waals surface area contributed by atoms with Crippen molar-refractivity contribution < 1.29 is 4.79 Å². The normalized spacial score (nSPS) is 15.9. The third-order valence-electron chi connectivity index (χ3n) is 5.05. The molecule has 0 saturated heterocycles.